The van der Waals surface area contributed by atoms with E-state index in [1.165, 1.54) is 289 Å². The van der Waals surface area contributed by atoms with E-state index in [4.69, 9.17) is 4.74 Å². The Morgan fingerprint density at radius 2 is 0.649 bits per heavy atom. The summed E-state index contributed by atoms with van der Waals surface area (Å²) in [4.78, 5) is 24.6. The van der Waals surface area contributed by atoms with Crippen molar-refractivity contribution in [2.75, 3.05) is 13.2 Å². The summed E-state index contributed by atoms with van der Waals surface area (Å²) in [7, 11) is 0. The number of rotatable bonds is 64. The average molecular weight is 1080 g/mol. The Morgan fingerprint density at radius 3 is 1.01 bits per heavy atom. The van der Waals surface area contributed by atoms with E-state index in [1.807, 2.05) is 6.08 Å². The third-order valence-electron chi connectivity index (χ3n) is 15.8. The van der Waals surface area contributed by atoms with E-state index in [0.29, 0.717) is 19.4 Å². The highest BCUT2D eigenvalue weighted by Crippen LogP contribution is 2.18. The third kappa shape index (κ3) is 62.9. The van der Waals surface area contributed by atoms with Gasteiger partial charge in [-0.1, -0.05) is 313 Å². The molecule has 2 atom stereocenters. The number of ether oxygens (including phenoxy) is 1. The molecule has 0 heterocycles. The molecule has 0 aliphatic heterocycles. The van der Waals surface area contributed by atoms with Crippen molar-refractivity contribution in [3.8, 4) is 0 Å². The van der Waals surface area contributed by atoms with E-state index in [9.17, 15) is 19.8 Å². The molecular formula is C71H133NO5. The van der Waals surface area contributed by atoms with E-state index in [-0.39, 0.29) is 18.5 Å². The lowest BCUT2D eigenvalue weighted by Crippen LogP contribution is -2.45. The minimum Gasteiger partial charge on any atom is -0.466 e. The summed E-state index contributed by atoms with van der Waals surface area (Å²) < 4.78 is 5.49. The monoisotopic (exact) mass is 1080 g/mol. The molecule has 0 bridgehead atoms. The highest BCUT2D eigenvalue weighted by atomic mass is 16.5. The Hall–Kier alpha value is -2.18. The van der Waals surface area contributed by atoms with Crippen LogP contribution in [-0.4, -0.2) is 47.4 Å². The molecule has 0 saturated carbocycles. The van der Waals surface area contributed by atoms with Gasteiger partial charge in [0.15, 0.2) is 0 Å². The molecule has 77 heavy (non-hydrogen) atoms. The molecule has 0 saturated heterocycles. The fraction of sp³-hybridized carbons (Fsp3) is 0.859. The zero-order valence-electron chi connectivity index (χ0n) is 51.7. The van der Waals surface area contributed by atoms with Crippen LogP contribution in [-0.2, 0) is 14.3 Å². The normalized spacial score (nSPS) is 12.8. The summed E-state index contributed by atoms with van der Waals surface area (Å²) in [5.74, 6) is -0.0631. The van der Waals surface area contributed by atoms with E-state index in [0.717, 1.165) is 51.4 Å². The van der Waals surface area contributed by atoms with Crippen LogP contribution in [0.4, 0.5) is 0 Å². The first kappa shape index (κ1) is 74.8. The van der Waals surface area contributed by atoms with E-state index in [2.05, 4.69) is 55.6 Å². The van der Waals surface area contributed by atoms with E-state index >= 15 is 0 Å². The van der Waals surface area contributed by atoms with Gasteiger partial charge >= 0.3 is 5.97 Å². The first-order chi connectivity index (χ1) is 38.0. The minimum absolute atomic E-state index is 0.00266. The van der Waals surface area contributed by atoms with Gasteiger partial charge in [0.1, 0.15) is 0 Å². The van der Waals surface area contributed by atoms with Crippen LogP contribution in [0.1, 0.15) is 367 Å². The summed E-state index contributed by atoms with van der Waals surface area (Å²) in [6.45, 7) is 4.90. The summed E-state index contributed by atoms with van der Waals surface area (Å²) in [6.07, 6.45) is 86.1. The van der Waals surface area contributed by atoms with Gasteiger partial charge in [-0.15, -0.1) is 0 Å². The molecule has 0 aromatic heterocycles. The van der Waals surface area contributed by atoms with Crippen LogP contribution in [0, 0.1) is 0 Å². The van der Waals surface area contributed by atoms with Crippen molar-refractivity contribution in [2.45, 2.75) is 379 Å². The maximum absolute atomic E-state index is 12.5. The summed E-state index contributed by atoms with van der Waals surface area (Å²) in [5, 5.41) is 23.2. The molecule has 6 heteroatoms. The largest absolute Gasteiger partial charge is 0.466 e. The number of carbonyl (C=O) groups excluding carboxylic acids is 2. The Kier molecular flexibility index (Phi) is 64.5. The van der Waals surface area contributed by atoms with Crippen molar-refractivity contribution in [2.24, 2.45) is 0 Å². The van der Waals surface area contributed by atoms with Crippen molar-refractivity contribution in [3.05, 3.63) is 48.6 Å². The van der Waals surface area contributed by atoms with Crippen LogP contribution < -0.4 is 5.32 Å². The molecule has 0 aromatic rings. The highest BCUT2D eigenvalue weighted by Gasteiger charge is 2.18. The van der Waals surface area contributed by atoms with Crippen LogP contribution in [0.3, 0.4) is 0 Å². The molecule has 6 nitrogen and oxygen atoms in total. The molecular weight excluding hydrogens is 947 g/mol. The quantitative estimate of drug-likeness (QED) is 0.0320. The number of hydrogen-bond acceptors (Lipinski definition) is 5. The second-order valence-corrected chi connectivity index (χ2v) is 23.5. The molecule has 0 aliphatic carbocycles. The first-order valence-electron chi connectivity index (χ1n) is 34.4. The van der Waals surface area contributed by atoms with Crippen molar-refractivity contribution < 1.29 is 24.5 Å². The van der Waals surface area contributed by atoms with Crippen LogP contribution in [0.15, 0.2) is 48.6 Å². The van der Waals surface area contributed by atoms with Gasteiger partial charge in [0.2, 0.25) is 5.91 Å². The van der Waals surface area contributed by atoms with Gasteiger partial charge in [0, 0.05) is 12.8 Å². The van der Waals surface area contributed by atoms with Crippen molar-refractivity contribution in [1.82, 2.24) is 5.32 Å². The smallest absolute Gasteiger partial charge is 0.305 e. The Bertz CT molecular complexity index is 1290. The van der Waals surface area contributed by atoms with Crippen LogP contribution >= 0.6 is 0 Å². The van der Waals surface area contributed by atoms with Crippen LogP contribution in [0.5, 0.6) is 0 Å². The molecule has 3 N–H and O–H groups in total. The Morgan fingerprint density at radius 1 is 0.364 bits per heavy atom. The third-order valence-corrected chi connectivity index (χ3v) is 15.8. The predicted octanol–water partition coefficient (Wildman–Crippen LogP) is 22.1. The molecule has 1 amide bonds. The topological polar surface area (TPSA) is 95.9 Å². The summed E-state index contributed by atoms with van der Waals surface area (Å²) in [5.41, 5.74) is 0. The Labute approximate surface area is 480 Å². The number of nitrogens with one attached hydrogen (secondary N) is 1. The number of amides is 1. The molecule has 0 radical (unpaired) electrons. The Balaban J connectivity index is 3.39. The van der Waals surface area contributed by atoms with Crippen molar-refractivity contribution in [3.63, 3.8) is 0 Å². The summed E-state index contributed by atoms with van der Waals surface area (Å²) in [6, 6.07) is -0.628. The molecule has 0 aliphatic rings. The van der Waals surface area contributed by atoms with Crippen LogP contribution in [0.25, 0.3) is 0 Å². The number of hydrogen-bond donors (Lipinski definition) is 3. The fourth-order valence-electron chi connectivity index (χ4n) is 10.5. The molecule has 452 valence electrons. The van der Waals surface area contributed by atoms with E-state index in [1.54, 1.807) is 6.08 Å². The van der Waals surface area contributed by atoms with Crippen LogP contribution in [0.2, 0.25) is 0 Å². The number of carbonyl (C=O) groups is 2. The maximum Gasteiger partial charge on any atom is 0.305 e. The molecule has 0 spiro atoms. The molecule has 2 unspecified atom stereocenters. The fourth-order valence-corrected chi connectivity index (χ4v) is 10.5. The van der Waals surface area contributed by atoms with Gasteiger partial charge in [-0.3, -0.25) is 9.59 Å². The lowest BCUT2D eigenvalue weighted by Gasteiger charge is -2.20. The number of aliphatic hydroxyl groups is 2. The second-order valence-electron chi connectivity index (χ2n) is 23.5. The molecule has 0 fully saturated rings. The predicted molar refractivity (Wildman–Crippen MR) is 338 cm³/mol. The molecule has 0 rings (SSSR count). The SMILES string of the molecule is CCCCCC/C=C\C/C=C\CCCCCCCC(=O)OCCCCCCCCCCCCCC/C=C\CCCCCCCCCCCCCCCC(=O)NC(CO)C(O)/C=C/CCCCCCCCCCCCCCC. The number of allylic oxidation sites excluding steroid dienone is 7. The van der Waals surface area contributed by atoms with Gasteiger partial charge < -0.3 is 20.3 Å². The van der Waals surface area contributed by atoms with Crippen molar-refractivity contribution >= 4 is 11.9 Å². The van der Waals surface area contributed by atoms with Gasteiger partial charge in [-0.2, -0.15) is 0 Å². The molecule has 0 aromatic carbocycles. The summed E-state index contributed by atoms with van der Waals surface area (Å²) >= 11 is 0. The zero-order valence-corrected chi connectivity index (χ0v) is 51.7. The highest BCUT2D eigenvalue weighted by molar-refractivity contribution is 5.76. The van der Waals surface area contributed by atoms with Gasteiger partial charge in [-0.05, 0) is 89.9 Å². The lowest BCUT2D eigenvalue weighted by atomic mass is 10.0. The number of esters is 1. The van der Waals surface area contributed by atoms with E-state index < -0.39 is 12.1 Å². The minimum atomic E-state index is -0.844. The zero-order chi connectivity index (χ0) is 55.7. The first-order valence-corrected chi connectivity index (χ1v) is 34.4. The lowest BCUT2D eigenvalue weighted by molar-refractivity contribution is -0.143. The maximum atomic E-state index is 12.5. The second kappa shape index (κ2) is 66.3. The van der Waals surface area contributed by atoms with Gasteiger partial charge in [0.05, 0.1) is 25.4 Å². The number of unbranched alkanes of at least 4 members (excludes halogenated alkanes) is 47. The van der Waals surface area contributed by atoms with Gasteiger partial charge in [-0.25, -0.2) is 0 Å². The standard InChI is InChI=1S/C71H133NO5/c1-3-5-7-9-11-13-15-17-19-37-41-45-49-53-57-61-65-71(76)77-66-62-58-54-50-46-42-38-34-32-30-28-26-24-22-20-21-23-25-27-29-31-33-36-40-44-48-52-56-60-64-70(75)72-68(67-73)69(74)63-59-55-51-47-43-39-35-18-16-14-12-10-8-6-4-2/h13,15,19-20,22,37,59,63,68-69,73-74H,3-12,14,16-18,21,23-36,38-58,60-62,64-67H2,1-2H3,(H,72,75)/b15-13-,22-20-,37-19-,63-59+. The van der Waals surface area contributed by atoms with Crippen molar-refractivity contribution in [1.29, 1.82) is 0 Å². The number of aliphatic hydroxyl groups excluding tert-OH is 2. The average Bonchev–Trinajstić information content (AvgIpc) is 3.43. The van der Waals surface area contributed by atoms with Gasteiger partial charge in [0.25, 0.3) is 0 Å².